The highest BCUT2D eigenvalue weighted by molar-refractivity contribution is 9.09. The summed E-state index contributed by atoms with van der Waals surface area (Å²) in [6.07, 6.45) is 9.75. The Morgan fingerprint density at radius 1 is 0.696 bits per heavy atom. The largest absolute Gasteiger partial charge is 0.205 e. The Balaban J connectivity index is 1.69. The second-order valence-corrected chi connectivity index (χ2v) is 6.40. The average Bonchev–Trinajstić information content (AvgIpc) is 2.62. The Kier molecular flexibility index (Phi) is 5.54. The summed E-state index contributed by atoms with van der Waals surface area (Å²) in [6.45, 7) is 1.96. The molecule has 2 heterocycles. The van der Waals surface area contributed by atoms with Crippen LogP contribution >= 0.6 is 15.9 Å². The first-order chi connectivity index (χ1) is 11.3. The van der Waals surface area contributed by atoms with Crippen LogP contribution in [0.15, 0.2) is 79.4 Å². The number of aryl methyl sites for hydroxylation is 1. The summed E-state index contributed by atoms with van der Waals surface area (Å²) in [5.41, 5.74) is 3.83. The summed E-state index contributed by atoms with van der Waals surface area (Å²) in [5.74, 6) is 0. The van der Waals surface area contributed by atoms with Crippen LogP contribution in [-0.4, -0.2) is 5.33 Å². The number of pyridine rings is 2. The quantitative estimate of drug-likeness (QED) is 0.462. The lowest BCUT2D eigenvalue weighted by atomic mass is 10.1. The Hall–Kier alpha value is -2.00. The highest BCUT2D eigenvalue weighted by Gasteiger charge is 2.06. The maximum atomic E-state index is 3.47. The van der Waals surface area contributed by atoms with Gasteiger partial charge >= 0.3 is 0 Å². The molecule has 0 saturated carbocycles. The molecule has 23 heavy (non-hydrogen) atoms. The summed E-state index contributed by atoms with van der Waals surface area (Å²) in [4.78, 5) is 0. The van der Waals surface area contributed by atoms with Crippen LogP contribution in [0.2, 0.25) is 0 Å². The molecule has 0 radical (unpaired) electrons. The molecule has 2 aromatic heterocycles. The highest BCUT2D eigenvalue weighted by Crippen LogP contribution is 2.15. The van der Waals surface area contributed by atoms with Gasteiger partial charge in [-0.1, -0.05) is 46.3 Å². The predicted molar refractivity (Wildman–Crippen MR) is 96.2 cm³/mol. The van der Waals surface area contributed by atoms with Crippen LogP contribution in [0.1, 0.15) is 12.0 Å². The van der Waals surface area contributed by atoms with E-state index in [1.54, 1.807) is 0 Å². The number of benzene rings is 1. The molecule has 3 aromatic rings. The number of aromatic nitrogens is 2. The monoisotopic (exact) mass is 368 g/mol. The molecule has 0 unspecified atom stereocenters. The molecule has 0 aliphatic heterocycles. The van der Waals surface area contributed by atoms with E-state index >= 15 is 0 Å². The van der Waals surface area contributed by atoms with Gasteiger partial charge in [-0.15, -0.1) is 0 Å². The minimum atomic E-state index is 0.905. The molecule has 116 valence electrons. The van der Waals surface area contributed by atoms with Gasteiger partial charge in [0.25, 0.3) is 0 Å². The van der Waals surface area contributed by atoms with Crippen molar-refractivity contribution in [2.24, 2.45) is 0 Å². The second kappa shape index (κ2) is 8.02. The van der Waals surface area contributed by atoms with Gasteiger partial charge < -0.3 is 0 Å². The van der Waals surface area contributed by atoms with Crippen molar-refractivity contribution in [3.05, 3.63) is 84.9 Å². The first-order valence-corrected chi connectivity index (χ1v) is 9.06. The number of nitrogens with zero attached hydrogens (tertiary/aromatic N) is 2. The van der Waals surface area contributed by atoms with Crippen LogP contribution in [0.4, 0.5) is 0 Å². The van der Waals surface area contributed by atoms with Gasteiger partial charge in [0.2, 0.25) is 0 Å². The van der Waals surface area contributed by atoms with Crippen LogP contribution in [0.5, 0.6) is 0 Å². The average molecular weight is 369 g/mol. The third-order valence-corrected chi connectivity index (χ3v) is 4.43. The summed E-state index contributed by atoms with van der Waals surface area (Å²) in [5, 5.41) is 1.04. The van der Waals surface area contributed by atoms with E-state index in [9.17, 15) is 0 Å². The van der Waals surface area contributed by atoms with Gasteiger partial charge in [0.05, 0.1) is 0 Å². The topological polar surface area (TPSA) is 7.76 Å². The van der Waals surface area contributed by atoms with Crippen molar-refractivity contribution in [2.75, 3.05) is 5.33 Å². The van der Waals surface area contributed by atoms with E-state index in [0.717, 1.165) is 24.8 Å². The van der Waals surface area contributed by atoms with Crippen LogP contribution in [0, 0.1) is 0 Å². The Morgan fingerprint density at radius 2 is 1.26 bits per heavy atom. The predicted octanol–water partition coefficient (Wildman–Crippen LogP) is 3.76. The first kappa shape index (κ1) is 15.9. The summed E-state index contributed by atoms with van der Waals surface area (Å²) in [7, 11) is 0. The van der Waals surface area contributed by atoms with E-state index in [-0.39, 0.29) is 0 Å². The normalized spacial score (nSPS) is 10.7. The Bertz CT molecular complexity index is 722. The third kappa shape index (κ3) is 4.49. The zero-order valence-corrected chi connectivity index (χ0v) is 14.7. The van der Waals surface area contributed by atoms with Crippen LogP contribution in [0.25, 0.3) is 11.1 Å². The minimum absolute atomic E-state index is 0.905. The first-order valence-electron chi connectivity index (χ1n) is 7.93. The molecule has 1 aromatic carbocycles. The summed E-state index contributed by atoms with van der Waals surface area (Å²) >= 11 is 3.47. The maximum Gasteiger partial charge on any atom is 0.173 e. The summed E-state index contributed by atoms with van der Waals surface area (Å²) < 4.78 is 4.43. The molecule has 0 amide bonds. The van der Waals surface area contributed by atoms with E-state index in [2.05, 4.69) is 104 Å². The zero-order chi connectivity index (χ0) is 15.9. The van der Waals surface area contributed by atoms with E-state index in [4.69, 9.17) is 0 Å². The van der Waals surface area contributed by atoms with E-state index in [0.29, 0.717) is 0 Å². The van der Waals surface area contributed by atoms with Crippen molar-refractivity contribution in [1.82, 2.24) is 0 Å². The smallest absolute Gasteiger partial charge is 0.173 e. The lowest BCUT2D eigenvalue weighted by Gasteiger charge is -2.02. The van der Waals surface area contributed by atoms with Gasteiger partial charge in [0.15, 0.2) is 31.3 Å². The fourth-order valence-electron chi connectivity index (χ4n) is 2.59. The van der Waals surface area contributed by atoms with E-state index in [1.807, 2.05) is 0 Å². The maximum absolute atomic E-state index is 3.47. The number of hydrogen-bond donors (Lipinski definition) is 0. The molecule has 0 N–H and O–H groups in total. The molecular formula is C20H21BrN2+2. The summed E-state index contributed by atoms with van der Waals surface area (Å²) in [6, 6.07) is 19.3. The number of rotatable bonds is 6. The van der Waals surface area contributed by atoms with Gasteiger partial charge in [0, 0.05) is 41.6 Å². The number of hydrogen-bond acceptors (Lipinski definition) is 0. The molecule has 0 spiro atoms. The third-order valence-electron chi connectivity index (χ3n) is 3.87. The van der Waals surface area contributed by atoms with E-state index in [1.165, 1.54) is 16.7 Å². The molecule has 2 nitrogen and oxygen atoms in total. The van der Waals surface area contributed by atoms with Crippen LogP contribution in [-0.2, 0) is 13.1 Å². The van der Waals surface area contributed by atoms with Crippen molar-refractivity contribution >= 4 is 15.9 Å². The zero-order valence-electron chi connectivity index (χ0n) is 13.1. The Labute approximate surface area is 146 Å². The van der Waals surface area contributed by atoms with Gasteiger partial charge in [-0.2, -0.15) is 0 Å². The molecular weight excluding hydrogens is 348 g/mol. The fourth-order valence-corrected chi connectivity index (χ4v) is 2.84. The van der Waals surface area contributed by atoms with Crippen LogP contribution in [0.3, 0.4) is 0 Å². The van der Waals surface area contributed by atoms with Crippen molar-refractivity contribution < 1.29 is 9.13 Å². The highest BCUT2D eigenvalue weighted by atomic mass is 79.9. The van der Waals surface area contributed by atoms with Gasteiger partial charge in [-0.25, -0.2) is 9.13 Å². The molecule has 3 rings (SSSR count). The van der Waals surface area contributed by atoms with Crippen molar-refractivity contribution in [3.63, 3.8) is 0 Å². The second-order valence-electron chi connectivity index (χ2n) is 5.61. The van der Waals surface area contributed by atoms with Crippen molar-refractivity contribution in [2.45, 2.75) is 19.5 Å². The van der Waals surface area contributed by atoms with Crippen molar-refractivity contribution in [3.8, 4) is 11.1 Å². The molecule has 0 fully saturated rings. The minimum Gasteiger partial charge on any atom is -0.205 e. The fraction of sp³-hybridized carbons (Fsp3) is 0.200. The molecule has 0 aliphatic rings. The standard InChI is InChI=1S/C20H21BrN2/c21-11-4-12-22-13-7-19(8-14-22)20-9-15-23(16-10-20)17-18-5-2-1-3-6-18/h1-3,5-10,13-16H,4,11-12,17H2/q+2. The molecule has 3 heteroatoms. The number of halogens is 1. The SMILES string of the molecule is BrCCC[n+]1ccc(-c2cc[n+](Cc3ccccc3)cc2)cc1. The van der Waals surface area contributed by atoms with E-state index < -0.39 is 0 Å². The lowest BCUT2D eigenvalue weighted by molar-refractivity contribution is -0.696. The molecule has 0 atom stereocenters. The van der Waals surface area contributed by atoms with Crippen LogP contribution < -0.4 is 9.13 Å². The lowest BCUT2D eigenvalue weighted by Crippen LogP contribution is -2.33. The molecule has 0 bridgehead atoms. The van der Waals surface area contributed by atoms with Gasteiger partial charge in [-0.05, 0) is 11.1 Å². The Morgan fingerprint density at radius 3 is 1.83 bits per heavy atom. The molecule has 0 aliphatic carbocycles. The number of alkyl halides is 1. The van der Waals surface area contributed by atoms with Gasteiger partial charge in [-0.3, -0.25) is 0 Å². The van der Waals surface area contributed by atoms with Crippen molar-refractivity contribution in [1.29, 1.82) is 0 Å². The molecule has 0 saturated heterocycles. The van der Waals surface area contributed by atoms with Gasteiger partial charge in [0.1, 0.15) is 6.54 Å².